The highest BCUT2D eigenvalue weighted by Gasteiger charge is 2.16. The van der Waals surface area contributed by atoms with Crippen LogP contribution in [0.4, 0.5) is 16.6 Å². The van der Waals surface area contributed by atoms with Crippen LogP contribution in [0.3, 0.4) is 0 Å². The molecule has 2 aromatic heterocycles. The van der Waals surface area contributed by atoms with Gasteiger partial charge in [-0.15, -0.1) is 11.3 Å². The van der Waals surface area contributed by atoms with Crippen molar-refractivity contribution in [2.24, 2.45) is 0 Å². The Balaban J connectivity index is 1.29. The van der Waals surface area contributed by atoms with Crippen molar-refractivity contribution >= 4 is 48.9 Å². The first kappa shape index (κ1) is 26.1. The molecule has 0 aliphatic carbocycles. The first-order chi connectivity index (χ1) is 18.5. The Morgan fingerprint density at radius 2 is 1.89 bits per heavy atom. The maximum Gasteiger partial charge on any atom is 0.263 e. The standard InChI is InChI=1S/C25H28N6O5S2/c1-34-22-16-21-20(15-23(22)36-11-2-8-31-9-12-35-13-10-31)24(28-17-27-21)29-18-3-5-19(6-4-18)38(32,33)30-25-26-7-14-37-25/h3-7,14-17H,2,8-13H2,1H3,(H,26,30)(H,27,28,29). The molecule has 1 saturated heterocycles. The van der Waals surface area contributed by atoms with Gasteiger partial charge in [0.1, 0.15) is 12.1 Å². The molecule has 38 heavy (non-hydrogen) atoms. The number of aromatic nitrogens is 3. The number of nitrogens with one attached hydrogen (secondary N) is 2. The van der Waals surface area contributed by atoms with E-state index in [1.54, 1.807) is 30.8 Å². The lowest BCUT2D eigenvalue weighted by molar-refractivity contribution is 0.0357. The molecule has 4 aromatic rings. The number of hydrogen-bond donors (Lipinski definition) is 2. The van der Waals surface area contributed by atoms with Gasteiger partial charge in [-0.05, 0) is 36.8 Å². The Morgan fingerprint density at radius 3 is 2.63 bits per heavy atom. The highest BCUT2D eigenvalue weighted by molar-refractivity contribution is 7.93. The van der Waals surface area contributed by atoms with Crippen LogP contribution >= 0.6 is 11.3 Å². The van der Waals surface area contributed by atoms with Crippen LogP contribution in [0.25, 0.3) is 10.9 Å². The molecule has 1 aliphatic heterocycles. The Bertz CT molecular complexity index is 1460. The smallest absolute Gasteiger partial charge is 0.263 e. The van der Waals surface area contributed by atoms with Crippen LogP contribution in [0.1, 0.15) is 6.42 Å². The number of nitrogens with zero attached hydrogens (tertiary/aromatic N) is 4. The summed E-state index contributed by atoms with van der Waals surface area (Å²) in [5.74, 6) is 1.76. The van der Waals surface area contributed by atoms with E-state index in [4.69, 9.17) is 14.2 Å². The van der Waals surface area contributed by atoms with Gasteiger partial charge in [-0.25, -0.2) is 23.4 Å². The van der Waals surface area contributed by atoms with Gasteiger partial charge in [0.15, 0.2) is 16.6 Å². The highest BCUT2D eigenvalue weighted by Crippen LogP contribution is 2.35. The average molecular weight is 557 g/mol. The monoisotopic (exact) mass is 556 g/mol. The van der Waals surface area contributed by atoms with Crippen LogP contribution in [0.5, 0.6) is 11.5 Å². The van der Waals surface area contributed by atoms with E-state index in [9.17, 15) is 8.42 Å². The minimum atomic E-state index is -3.73. The summed E-state index contributed by atoms with van der Waals surface area (Å²) in [6.45, 7) is 4.93. The number of benzene rings is 2. The minimum absolute atomic E-state index is 0.128. The summed E-state index contributed by atoms with van der Waals surface area (Å²) in [5, 5.41) is 6.02. The van der Waals surface area contributed by atoms with Crippen molar-refractivity contribution in [2.75, 3.05) is 56.6 Å². The first-order valence-corrected chi connectivity index (χ1v) is 14.4. The van der Waals surface area contributed by atoms with Crippen molar-refractivity contribution < 1.29 is 22.6 Å². The number of anilines is 3. The number of morpholine rings is 1. The molecule has 0 bridgehead atoms. The van der Waals surface area contributed by atoms with Gasteiger partial charge < -0.3 is 19.5 Å². The van der Waals surface area contributed by atoms with E-state index in [1.165, 1.54) is 29.8 Å². The first-order valence-electron chi connectivity index (χ1n) is 12.1. The molecular formula is C25H28N6O5S2. The highest BCUT2D eigenvalue weighted by atomic mass is 32.2. The summed E-state index contributed by atoms with van der Waals surface area (Å²) in [4.78, 5) is 15.2. The zero-order chi connectivity index (χ0) is 26.4. The Labute approximate surface area is 224 Å². The number of hydrogen-bond acceptors (Lipinski definition) is 11. The van der Waals surface area contributed by atoms with E-state index in [1.807, 2.05) is 12.1 Å². The van der Waals surface area contributed by atoms with Crippen LogP contribution in [0, 0.1) is 0 Å². The summed E-state index contributed by atoms with van der Waals surface area (Å²) in [6.07, 6.45) is 3.88. The van der Waals surface area contributed by atoms with Crippen LogP contribution < -0.4 is 19.5 Å². The van der Waals surface area contributed by atoms with Gasteiger partial charge in [0, 0.05) is 48.4 Å². The molecule has 13 heteroatoms. The molecule has 2 aromatic carbocycles. The summed E-state index contributed by atoms with van der Waals surface area (Å²) in [7, 11) is -2.14. The molecule has 1 fully saturated rings. The third kappa shape index (κ3) is 6.30. The molecule has 0 atom stereocenters. The quantitative estimate of drug-likeness (QED) is 0.264. The van der Waals surface area contributed by atoms with E-state index in [0.717, 1.165) is 44.7 Å². The number of sulfonamides is 1. The molecule has 2 N–H and O–H groups in total. The van der Waals surface area contributed by atoms with Crippen LogP contribution in [0.2, 0.25) is 0 Å². The molecule has 0 amide bonds. The van der Waals surface area contributed by atoms with Gasteiger partial charge in [0.2, 0.25) is 0 Å². The number of ether oxygens (including phenoxy) is 3. The SMILES string of the molecule is COc1cc2ncnc(Nc3ccc(S(=O)(=O)Nc4nccs4)cc3)c2cc1OCCCN1CCOCC1. The Morgan fingerprint density at radius 1 is 1.08 bits per heavy atom. The van der Waals surface area contributed by atoms with Crippen molar-refractivity contribution in [3.63, 3.8) is 0 Å². The number of methoxy groups -OCH3 is 1. The summed E-state index contributed by atoms with van der Waals surface area (Å²) < 4.78 is 44.7. The normalized spacial score (nSPS) is 14.3. The fourth-order valence-corrected chi connectivity index (χ4v) is 5.82. The third-order valence-corrected chi connectivity index (χ3v) is 8.15. The fourth-order valence-electron chi connectivity index (χ4n) is 4.03. The molecule has 200 valence electrons. The van der Waals surface area contributed by atoms with Crippen molar-refractivity contribution in [1.82, 2.24) is 19.9 Å². The van der Waals surface area contributed by atoms with E-state index < -0.39 is 10.0 Å². The largest absolute Gasteiger partial charge is 0.493 e. The van der Waals surface area contributed by atoms with Crippen molar-refractivity contribution in [1.29, 1.82) is 0 Å². The lowest BCUT2D eigenvalue weighted by Gasteiger charge is -2.26. The fraction of sp³-hybridized carbons (Fsp3) is 0.320. The zero-order valence-electron chi connectivity index (χ0n) is 20.8. The summed E-state index contributed by atoms with van der Waals surface area (Å²) in [6, 6.07) is 10.1. The molecule has 1 aliphatic rings. The van der Waals surface area contributed by atoms with Gasteiger partial charge in [-0.2, -0.15) is 0 Å². The molecular weight excluding hydrogens is 528 g/mol. The zero-order valence-corrected chi connectivity index (χ0v) is 22.4. The Hall–Kier alpha value is -3.52. The van der Waals surface area contributed by atoms with E-state index in [-0.39, 0.29) is 4.90 Å². The summed E-state index contributed by atoms with van der Waals surface area (Å²) in [5.41, 5.74) is 1.36. The maximum atomic E-state index is 12.6. The van der Waals surface area contributed by atoms with Crippen LogP contribution in [-0.2, 0) is 14.8 Å². The van der Waals surface area contributed by atoms with Gasteiger partial charge >= 0.3 is 0 Å². The van der Waals surface area contributed by atoms with E-state index in [0.29, 0.717) is 40.3 Å². The predicted molar refractivity (Wildman–Crippen MR) is 146 cm³/mol. The molecule has 0 spiro atoms. The lowest BCUT2D eigenvalue weighted by atomic mass is 10.2. The molecule has 3 heterocycles. The minimum Gasteiger partial charge on any atom is -0.493 e. The topological polar surface area (TPSA) is 128 Å². The molecule has 5 rings (SSSR count). The van der Waals surface area contributed by atoms with Crippen molar-refractivity contribution in [3.8, 4) is 11.5 Å². The summed E-state index contributed by atoms with van der Waals surface area (Å²) >= 11 is 1.21. The number of fused-ring (bicyclic) bond motifs is 1. The molecule has 11 nitrogen and oxygen atoms in total. The Kier molecular flexibility index (Phi) is 8.17. The number of rotatable bonds is 11. The second-order valence-corrected chi connectivity index (χ2v) is 11.1. The average Bonchev–Trinajstić information content (AvgIpc) is 3.44. The van der Waals surface area contributed by atoms with Crippen LogP contribution in [-0.4, -0.2) is 74.8 Å². The molecule has 0 radical (unpaired) electrons. The predicted octanol–water partition coefficient (Wildman–Crippen LogP) is 3.74. The number of thiazole rings is 1. The van der Waals surface area contributed by atoms with Crippen molar-refractivity contribution in [3.05, 3.63) is 54.3 Å². The van der Waals surface area contributed by atoms with E-state index >= 15 is 0 Å². The third-order valence-electron chi connectivity index (χ3n) is 5.98. The van der Waals surface area contributed by atoms with E-state index in [2.05, 4.69) is 29.9 Å². The van der Waals surface area contributed by atoms with Crippen molar-refractivity contribution in [2.45, 2.75) is 11.3 Å². The molecule has 0 saturated carbocycles. The van der Waals surface area contributed by atoms with Gasteiger partial charge in [0.05, 0.1) is 37.3 Å². The lowest BCUT2D eigenvalue weighted by Crippen LogP contribution is -2.37. The van der Waals surface area contributed by atoms with Crippen LogP contribution in [0.15, 0.2) is 59.2 Å². The van der Waals surface area contributed by atoms with Gasteiger partial charge in [-0.1, -0.05) is 0 Å². The van der Waals surface area contributed by atoms with Gasteiger partial charge in [-0.3, -0.25) is 9.62 Å². The molecule has 0 unspecified atom stereocenters. The second kappa shape index (κ2) is 11.9. The maximum absolute atomic E-state index is 12.6. The second-order valence-electron chi connectivity index (χ2n) is 8.49. The van der Waals surface area contributed by atoms with Gasteiger partial charge in [0.25, 0.3) is 10.0 Å².